The fourth-order valence-corrected chi connectivity index (χ4v) is 5.63. The van der Waals surface area contributed by atoms with E-state index in [0.717, 1.165) is 11.9 Å². The Kier molecular flexibility index (Phi) is 5.97. The highest BCUT2D eigenvalue weighted by Gasteiger charge is 2.17. The van der Waals surface area contributed by atoms with Gasteiger partial charge in [0.1, 0.15) is 0 Å². The zero-order valence-electron chi connectivity index (χ0n) is 17.7. The van der Waals surface area contributed by atoms with Gasteiger partial charge in [0.05, 0.1) is 16.7 Å². The SMILES string of the molecule is C=CCn1c(=O)c2ccccc2n2c(SCC(=O)NCCc3csc4ccccc34)nnc12. The van der Waals surface area contributed by atoms with Gasteiger partial charge in [-0.3, -0.25) is 18.6 Å². The van der Waals surface area contributed by atoms with Gasteiger partial charge in [-0.05, 0) is 40.9 Å². The number of amides is 1. The van der Waals surface area contributed by atoms with E-state index in [9.17, 15) is 9.59 Å². The number of thioether (sulfide) groups is 1. The van der Waals surface area contributed by atoms with Crippen LogP contribution in [0.5, 0.6) is 0 Å². The number of aromatic nitrogens is 4. The molecule has 0 saturated carbocycles. The molecule has 0 aliphatic carbocycles. The Hall–Kier alpha value is -3.43. The van der Waals surface area contributed by atoms with Gasteiger partial charge in [-0.25, -0.2) is 0 Å². The van der Waals surface area contributed by atoms with Crippen molar-refractivity contribution in [3.63, 3.8) is 0 Å². The molecule has 0 aliphatic rings. The molecule has 0 spiro atoms. The average molecular weight is 476 g/mol. The monoisotopic (exact) mass is 475 g/mol. The van der Waals surface area contributed by atoms with Gasteiger partial charge >= 0.3 is 0 Å². The number of hydrogen-bond donors (Lipinski definition) is 1. The molecule has 0 unspecified atom stereocenters. The van der Waals surface area contributed by atoms with Crippen LogP contribution in [0.2, 0.25) is 0 Å². The van der Waals surface area contributed by atoms with E-state index in [1.54, 1.807) is 23.5 Å². The molecule has 3 heterocycles. The molecule has 33 heavy (non-hydrogen) atoms. The highest BCUT2D eigenvalue weighted by atomic mass is 32.2. The molecule has 5 aromatic rings. The fourth-order valence-electron chi connectivity index (χ4n) is 3.86. The van der Waals surface area contributed by atoms with Crippen LogP contribution >= 0.6 is 23.1 Å². The number of allylic oxidation sites excluding steroid dienone is 1. The lowest BCUT2D eigenvalue weighted by atomic mass is 10.1. The van der Waals surface area contributed by atoms with Crippen molar-refractivity contribution in [1.29, 1.82) is 0 Å². The molecule has 7 nitrogen and oxygen atoms in total. The van der Waals surface area contributed by atoms with Crippen molar-refractivity contribution >= 4 is 55.8 Å². The number of rotatable bonds is 8. The van der Waals surface area contributed by atoms with E-state index in [1.807, 2.05) is 34.7 Å². The minimum absolute atomic E-state index is 0.0694. The Labute approximate surface area is 197 Å². The van der Waals surface area contributed by atoms with Crippen LogP contribution in [0.25, 0.3) is 26.8 Å². The molecule has 0 aliphatic heterocycles. The molecule has 3 aromatic heterocycles. The summed E-state index contributed by atoms with van der Waals surface area (Å²) in [6.07, 6.45) is 2.44. The van der Waals surface area contributed by atoms with Crippen molar-refractivity contribution in [2.75, 3.05) is 12.3 Å². The lowest BCUT2D eigenvalue weighted by molar-refractivity contribution is -0.118. The van der Waals surface area contributed by atoms with E-state index >= 15 is 0 Å². The maximum Gasteiger partial charge on any atom is 0.263 e. The predicted octanol–water partition coefficient (Wildman–Crippen LogP) is 3.90. The molecule has 2 aromatic carbocycles. The number of thiophene rings is 1. The van der Waals surface area contributed by atoms with Crippen LogP contribution < -0.4 is 10.9 Å². The molecule has 0 bridgehead atoms. The average Bonchev–Trinajstić information content (AvgIpc) is 3.45. The molecule has 1 amide bonds. The summed E-state index contributed by atoms with van der Waals surface area (Å²) in [4.78, 5) is 25.4. The molecule has 166 valence electrons. The van der Waals surface area contributed by atoms with Crippen molar-refractivity contribution in [2.45, 2.75) is 18.1 Å². The number of benzene rings is 2. The van der Waals surface area contributed by atoms with Crippen LogP contribution in [0.1, 0.15) is 5.56 Å². The standard InChI is InChI=1S/C24H21N5O2S2/c1-2-13-28-22(31)18-8-3-5-9-19(18)29-23(28)26-27-24(29)33-15-21(30)25-12-11-16-14-32-20-10-6-4-7-17(16)20/h2-10,14H,1,11-13,15H2,(H,25,30). The van der Waals surface area contributed by atoms with Crippen molar-refractivity contribution in [1.82, 2.24) is 24.5 Å². The van der Waals surface area contributed by atoms with Crippen LogP contribution in [0.4, 0.5) is 0 Å². The topological polar surface area (TPSA) is 81.3 Å². The second kappa shape index (κ2) is 9.21. The summed E-state index contributed by atoms with van der Waals surface area (Å²) < 4.78 is 4.63. The first-order valence-corrected chi connectivity index (χ1v) is 12.4. The van der Waals surface area contributed by atoms with Gasteiger partial charge in [-0.2, -0.15) is 0 Å². The zero-order valence-corrected chi connectivity index (χ0v) is 19.4. The molecule has 0 saturated heterocycles. The van der Waals surface area contributed by atoms with Gasteiger partial charge in [0, 0.05) is 17.8 Å². The molecule has 0 radical (unpaired) electrons. The van der Waals surface area contributed by atoms with Gasteiger partial charge in [0.25, 0.3) is 5.56 Å². The Bertz CT molecular complexity index is 1550. The van der Waals surface area contributed by atoms with E-state index in [1.165, 1.54) is 32.0 Å². The van der Waals surface area contributed by atoms with Crippen molar-refractivity contribution in [2.24, 2.45) is 0 Å². The van der Waals surface area contributed by atoms with Crippen molar-refractivity contribution < 1.29 is 4.79 Å². The lowest BCUT2D eigenvalue weighted by Crippen LogP contribution is -2.27. The van der Waals surface area contributed by atoms with E-state index in [2.05, 4.69) is 39.6 Å². The molecule has 1 N–H and O–H groups in total. The van der Waals surface area contributed by atoms with E-state index in [0.29, 0.717) is 29.4 Å². The maximum atomic E-state index is 12.9. The van der Waals surface area contributed by atoms with E-state index in [4.69, 9.17) is 0 Å². The van der Waals surface area contributed by atoms with Crippen LogP contribution in [-0.2, 0) is 17.8 Å². The van der Waals surface area contributed by atoms with Crippen LogP contribution in [0.15, 0.2) is 76.5 Å². The zero-order chi connectivity index (χ0) is 22.8. The smallest absolute Gasteiger partial charge is 0.263 e. The number of fused-ring (bicyclic) bond motifs is 4. The summed E-state index contributed by atoms with van der Waals surface area (Å²) in [5.41, 5.74) is 1.83. The van der Waals surface area contributed by atoms with E-state index in [-0.39, 0.29) is 17.2 Å². The number of para-hydroxylation sites is 1. The first-order valence-electron chi connectivity index (χ1n) is 10.5. The number of carbonyl (C=O) groups excluding carboxylic acids is 1. The maximum absolute atomic E-state index is 12.9. The van der Waals surface area contributed by atoms with Crippen molar-refractivity contribution in [3.05, 3.63) is 82.5 Å². The molecule has 0 atom stereocenters. The Balaban J connectivity index is 1.31. The number of nitrogens with zero attached hydrogens (tertiary/aromatic N) is 4. The third kappa shape index (κ3) is 4.05. The Morgan fingerprint density at radius 3 is 2.76 bits per heavy atom. The first-order chi connectivity index (χ1) is 16.2. The Morgan fingerprint density at radius 2 is 1.91 bits per heavy atom. The number of hydrogen-bond acceptors (Lipinski definition) is 6. The lowest BCUT2D eigenvalue weighted by Gasteiger charge is -2.09. The second-order valence-corrected chi connectivity index (χ2v) is 9.34. The summed E-state index contributed by atoms with van der Waals surface area (Å²) in [6, 6.07) is 15.6. The number of nitrogens with one attached hydrogen (secondary N) is 1. The highest BCUT2D eigenvalue weighted by Crippen LogP contribution is 2.26. The summed E-state index contributed by atoms with van der Waals surface area (Å²) in [6.45, 7) is 4.64. The quantitative estimate of drug-likeness (QED) is 0.272. The highest BCUT2D eigenvalue weighted by molar-refractivity contribution is 7.99. The van der Waals surface area contributed by atoms with Crippen molar-refractivity contribution in [3.8, 4) is 0 Å². The second-order valence-electron chi connectivity index (χ2n) is 7.49. The first kappa shape index (κ1) is 21.4. The fraction of sp³-hybridized carbons (Fsp3) is 0.167. The molecule has 9 heteroatoms. The minimum atomic E-state index is -0.138. The summed E-state index contributed by atoms with van der Waals surface area (Å²) in [7, 11) is 0. The Morgan fingerprint density at radius 1 is 1.12 bits per heavy atom. The molecule has 0 fully saturated rings. The summed E-state index contributed by atoms with van der Waals surface area (Å²) in [5, 5.41) is 16.0. The van der Waals surface area contributed by atoms with Crippen LogP contribution in [0, 0.1) is 0 Å². The van der Waals surface area contributed by atoms with E-state index < -0.39 is 0 Å². The van der Waals surface area contributed by atoms with Gasteiger partial charge in [0.15, 0.2) is 5.16 Å². The largest absolute Gasteiger partial charge is 0.355 e. The third-order valence-electron chi connectivity index (χ3n) is 5.40. The summed E-state index contributed by atoms with van der Waals surface area (Å²) in [5.74, 6) is 0.575. The molecular formula is C24H21N5O2S2. The molecule has 5 rings (SSSR count). The van der Waals surface area contributed by atoms with Crippen LogP contribution in [-0.4, -0.2) is 37.4 Å². The van der Waals surface area contributed by atoms with Crippen LogP contribution in [0.3, 0.4) is 0 Å². The molecular weight excluding hydrogens is 454 g/mol. The minimum Gasteiger partial charge on any atom is -0.355 e. The van der Waals surface area contributed by atoms with Gasteiger partial charge in [-0.15, -0.1) is 28.1 Å². The third-order valence-corrected chi connectivity index (χ3v) is 7.34. The number of carbonyl (C=O) groups is 1. The summed E-state index contributed by atoms with van der Waals surface area (Å²) >= 11 is 3.02. The van der Waals surface area contributed by atoms with Gasteiger partial charge in [-0.1, -0.05) is 48.2 Å². The van der Waals surface area contributed by atoms with Gasteiger partial charge in [0.2, 0.25) is 11.7 Å². The predicted molar refractivity (Wildman–Crippen MR) is 134 cm³/mol. The van der Waals surface area contributed by atoms with Gasteiger partial charge < -0.3 is 5.32 Å². The normalized spacial score (nSPS) is 11.4.